The minimum absolute atomic E-state index is 0.0705. The van der Waals surface area contributed by atoms with E-state index in [9.17, 15) is 9.59 Å². The Balaban J connectivity index is 1.72. The highest BCUT2D eigenvalue weighted by molar-refractivity contribution is 9.10. The maximum Gasteiger partial charge on any atom is 0.338 e. The second kappa shape index (κ2) is 8.45. The van der Waals surface area contributed by atoms with Gasteiger partial charge in [-0.3, -0.25) is 4.79 Å². The Kier molecular flexibility index (Phi) is 6.04. The van der Waals surface area contributed by atoms with Crippen LogP contribution in [0.15, 0.2) is 47.1 Å². The molecular formula is C20H21BrN2O3. The van der Waals surface area contributed by atoms with Crippen LogP contribution in [0.5, 0.6) is 0 Å². The standard InChI is InChI=1S/C20H21BrN2O3/c1-2-26-20(25)16-7-5-15(6-8-16)13-23(12-14-3-4-14)19(24)18-10-9-17(21)11-22-18/h5-11,14H,2-4,12-13H2,1H3. The van der Waals surface area contributed by atoms with E-state index in [1.807, 2.05) is 23.1 Å². The van der Waals surface area contributed by atoms with E-state index >= 15 is 0 Å². The van der Waals surface area contributed by atoms with Crippen LogP contribution in [0.25, 0.3) is 0 Å². The second-order valence-corrected chi connectivity index (χ2v) is 7.32. The molecule has 1 heterocycles. The second-order valence-electron chi connectivity index (χ2n) is 6.41. The van der Waals surface area contributed by atoms with Crippen LogP contribution in [-0.2, 0) is 11.3 Å². The number of benzene rings is 1. The van der Waals surface area contributed by atoms with Gasteiger partial charge in [-0.1, -0.05) is 12.1 Å². The van der Waals surface area contributed by atoms with Gasteiger partial charge in [-0.2, -0.15) is 0 Å². The van der Waals surface area contributed by atoms with Crippen molar-refractivity contribution in [3.05, 3.63) is 63.9 Å². The lowest BCUT2D eigenvalue weighted by Gasteiger charge is -2.22. The molecule has 0 radical (unpaired) electrons. The van der Waals surface area contributed by atoms with Crippen molar-refractivity contribution < 1.29 is 14.3 Å². The Hall–Kier alpha value is -2.21. The molecule has 0 spiro atoms. The Morgan fingerprint density at radius 1 is 1.19 bits per heavy atom. The van der Waals surface area contributed by atoms with E-state index in [2.05, 4.69) is 20.9 Å². The SMILES string of the molecule is CCOC(=O)c1ccc(CN(CC2CC2)C(=O)c2ccc(Br)cn2)cc1. The molecule has 0 unspecified atom stereocenters. The summed E-state index contributed by atoms with van der Waals surface area (Å²) in [5.41, 5.74) is 1.94. The van der Waals surface area contributed by atoms with Crippen molar-refractivity contribution in [2.24, 2.45) is 5.92 Å². The number of hydrogen-bond acceptors (Lipinski definition) is 4. The molecule has 1 saturated carbocycles. The number of ether oxygens (including phenoxy) is 1. The Labute approximate surface area is 161 Å². The third-order valence-corrected chi connectivity index (χ3v) is 4.72. The van der Waals surface area contributed by atoms with Crippen molar-refractivity contribution in [3.63, 3.8) is 0 Å². The molecule has 6 heteroatoms. The summed E-state index contributed by atoms with van der Waals surface area (Å²) in [6.07, 6.45) is 3.97. The molecule has 1 aromatic heterocycles. The quantitative estimate of drug-likeness (QED) is 0.638. The zero-order chi connectivity index (χ0) is 18.5. The molecular weight excluding hydrogens is 396 g/mol. The summed E-state index contributed by atoms with van der Waals surface area (Å²) in [7, 11) is 0. The van der Waals surface area contributed by atoms with E-state index < -0.39 is 0 Å². The molecule has 5 nitrogen and oxygen atoms in total. The summed E-state index contributed by atoms with van der Waals surface area (Å²) in [4.78, 5) is 30.7. The molecule has 1 aliphatic carbocycles. The average Bonchev–Trinajstić information content (AvgIpc) is 3.46. The van der Waals surface area contributed by atoms with Gasteiger partial charge >= 0.3 is 5.97 Å². The first-order valence-corrected chi connectivity index (χ1v) is 9.53. The highest BCUT2D eigenvalue weighted by Crippen LogP contribution is 2.30. The maximum absolute atomic E-state index is 12.9. The van der Waals surface area contributed by atoms with Crippen LogP contribution in [0.1, 0.15) is 46.2 Å². The highest BCUT2D eigenvalue weighted by atomic mass is 79.9. The van der Waals surface area contributed by atoms with Gasteiger partial charge in [0.2, 0.25) is 0 Å². The van der Waals surface area contributed by atoms with Gasteiger partial charge in [-0.15, -0.1) is 0 Å². The van der Waals surface area contributed by atoms with Crippen molar-refractivity contribution >= 4 is 27.8 Å². The molecule has 136 valence electrons. The molecule has 2 aromatic rings. The Bertz CT molecular complexity index is 771. The number of nitrogens with zero attached hydrogens (tertiary/aromatic N) is 2. The molecule has 1 fully saturated rings. The zero-order valence-corrected chi connectivity index (χ0v) is 16.2. The van der Waals surface area contributed by atoms with Crippen molar-refractivity contribution in [1.82, 2.24) is 9.88 Å². The first kappa shape index (κ1) is 18.6. The van der Waals surface area contributed by atoms with E-state index in [0.29, 0.717) is 30.3 Å². The van der Waals surface area contributed by atoms with Crippen molar-refractivity contribution in [3.8, 4) is 0 Å². The lowest BCUT2D eigenvalue weighted by atomic mass is 10.1. The van der Waals surface area contributed by atoms with Gasteiger partial charge in [-0.05, 0) is 71.4 Å². The molecule has 26 heavy (non-hydrogen) atoms. The van der Waals surface area contributed by atoms with Crippen LogP contribution in [0, 0.1) is 5.92 Å². The lowest BCUT2D eigenvalue weighted by molar-refractivity contribution is 0.0526. The fourth-order valence-electron chi connectivity index (χ4n) is 2.68. The predicted octanol–water partition coefficient (Wildman–Crippen LogP) is 4.07. The molecule has 0 atom stereocenters. The normalized spacial score (nSPS) is 13.3. The molecule has 1 amide bonds. The van der Waals surface area contributed by atoms with Gasteiger partial charge in [0.1, 0.15) is 5.69 Å². The third-order valence-electron chi connectivity index (χ3n) is 4.25. The first-order valence-electron chi connectivity index (χ1n) is 8.73. The number of carbonyl (C=O) groups excluding carboxylic acids is 2. The summed E-state index contributed by atoms with van der Waals surface area (Å²) in [5, 5.41) is 0. The Morgan fingerprint density at radius 3 is 2.50 bits per heavy atom. The van der Waals surface area contributed by atoms with E-state index in [1.54, 1.807) is 31.3 Å². The van der Waals surface area contributed by atoms with E-state index in [-0.39, 0.29) is 11.9 Å². The van der Waals surface area contributed by atoms with E-state index in [0.717, 1.165) is 16.6 Å². The largest absolute Gasteiger partial charge is 0.462 e. The van der Waals surface area contributed by atoms with Crippen LogP contribution in [0.2, 0.25) is 0 Å². The van der Waals surface area contributed by atoms with Gasteiger partial charge in [0.15, 0.2) is 0 Å². The molecule has 0 N–H and O–H groups in total. The van der Waals surface area contributed by atoms with Gasteiger partial charge < -0.3 is 9.64 Å². The molecule has 3 rings (SSSR count). The van der Waals surface area contributed by atoms with Gasteiger partial charge in [0, 0.05) is 23.8 Å². The minimum atomic E-state index is -0.330. The van der Waals surface area contributed by atoms with E-state index in [4.69, 9.17) is 4.74 Å². The zero-order valence-electron chi connectivity index (χ0n) is 14.7. The van der Waals surface area contributed by atoms with Crippen molar-refractivity contribution in [2.45, 2.75) is 26.3 Å². The number of halogens is 1. The Morgan fingerprint density at radius 2 is 1.92 bits per heavy atom. The molecule has 1 aromatic carbocycles. The van der Waals surface area contributed by atoms with Crippen LogP contribution in [0.4, 0.5) is 0 Å². The molecule has 0 bridgehead atoms. The summed E-state index contributed by atoms with van der Waals surface area (Å²) >= 11 is 3.34. The number of pyridine rings is 1. The lowest BCUT2D eigenvalue weighted by Crippen LogP contribution is -2.33. The smallest absolute Gasteiger partial charge is 0.338 e. The minimum Gasteiger partial charge on any atom is -0.462 e. The summed E-state index contributed by atoms with van der Waals surface area (Å²) in [6.45, 7) is 3.36. The van der Waals surface area contributed by atoms with Crippen LogP contribution in [0.3, 0.4) is 0 Å². The molecule has 1 aliphatic rings. The number of hydrogen-bond donors (Lipinski definition) is 0. The van der Waals surface area contributed by atoms with Gasteiger partial charge in [-0.25, -0.2) is 9.78 Å². The van der Waals surface area contributed by atoms with Crippen LogP contribution in [-0.4, -0.2) is 34.9 Å². The predicted molar refractivity (Wildman–Crippen MR) is 102 cm³/mol. The summed E-state index contributed by atoms with van der Waals surface area (Å²) in [5.74, 6) is 0.177. The summed E-state index contributed by atoms with van der Waals surface area (Å²) in [6, 6.07) is 10.8. The van der Waals surface area contributed by atoms with Crippen LogP contribution >= 0.6 is 15.9 Å². The number of aromatic nitrogens is 1. The van der Waals surface area contributed by atoms with E-state index in [1.165, 1.54) is 12.8 Å². The maximum atomic E-state index is 12.9. The number of rotatable bonds is 7. The van der Waals surface area contributed by atoms with Crippen molar-refractivity contribution in [2.75, 3.05) is 13.2 Å². The van der Waals surface area contributed by atoms with Gasteiger partial charge in [0.05, 0.1) is 12.2 Å². The number of esters is 1. The number of amides is 1. The fourth-order valence-corrected chi connectivity index (χ4v) is 2.91. The fraction of sp³-hybridized carbons (Fsp3) is 0.350. The van der Waals surface area contributed by atoms with Crippen molar-refractivity contribution in [1.29, 1.82) is 0 Å². The highest BCUT2D eigenvalue weighted by Gasteiger charge is 2.28. The summed E-state index contributed by atoms with van der Waals surface area (Å²) < 4.78 is 5.84. The third kappa shape index (κ3) is 4.91. The topological polar surface area (TPSA) is 59.5 Å². The monoisotopic (exact) mass is 416 g/mol. The average molecular weight is 417 g/mol. The molecule has 0 aliphatic heterocycles. The first-order chi connectivity index (χ1) is 12.6. The van der Waals surface area contributed by atoms with Gasteiger partial charge in [0.25, 0.3) is 5.91 Å². The molecule has 0 saturated heterocycles. The number of carbonyl (C=O) groups is 2. The van der Waals surface area contributed by atoms with Crippen LogP contribution < -0.4 is 0 Å².